The zero-order chi connectivity index (χ0) is 14.5. The number of nitrogens with one attached hydrogen (secondary N) is 1. The average molecular weight is 292 g/mol. The largest absolute Gasteiger partial charge is 0.352 e. The van der Waals surface area contributed by atoms with Gasteiger partial charge in [-0.25, -0.2) is 0 Å². The van der Waals surface area contributed by atoms with E-state index in [4.69, 9.17) is 0 Å². The first-order valence-corrected chi connectivity index (χ1v) is 7.66. The van der Waals surface area contributed by atoms with Crippen molar-refractivity contribution in [2.75, 3.05) is 13.1 Å². The summed E-state index contributed by atoms with van der Waals surface area (Å²) >= 11 is 1.74. The van der Waals surface area contributed by atoms with Gasteiger partial charge in [0, 0.05) is 35.3 Å². The van der Waals surface area contributed by atoms with Crippen molar-refractivity contribution in [1.82, 2.24) is 10.2 Å². The van der Waals surface area contributed by atoms with Gasteiger partial charge in [0.1, 0.15) is 0 Å². The SMILES string of the molecule is C=CC(=O)N1CC[C@@H](NC(=O)CCc2ccc(C)s2)C1. The minimum atomic E-state index is -0.0594. The molecule has 0 spiro atoms. The van der Waals surface area contributed by atoms with Gasteiger partial charge in [-0.1, -0.05) is 6.58 Å². The first-order chi connectivity index (χ1) is 9.58. The molecule has 0 bridgehead atoms. The molecular formula is C15H20N2O2S. The number of amides is 2. The molecule has 1 aliphatic rings. The van der Waals surface area contributed by atoms with Gasteiger partial charge in [0.2, 0.25) is 11.8 Å². The van der Waals surface area contributed by atoms with E-state index < -0.39 is 0 Å². The highest BCUT2D eigenvalue weighted by molar-refractivity contribution is 7.11. The molecule has 2 rings (SSSR count). The number of likely N-dealkylation sites (tertiary alicyclic amines) is 1. The number of aryl methyl sites for hydroxylation is 2. The van der Waals surface area contributed by atoms with Gasteiger partial charge < -0.3 is 10.2 Å². The van der Waals surface area contributed by atoms with Gasteiger partial charge in [-0.15, -0.1) is 11.3 Å². The van der Waals surface area contributed by atoms with Crippen LogP contribution in [0.1, 0.15) is 22.6 Å². The molecule has 1 saturated heterocycles. The zero-order valence-corrected chi connectivity index (χ0v) is 12.5. The number of hydrogen-bond donors (Lipinski definition) is 1. The van der Waals surface area contributed by atoms with Gasteiger partial charge in [-0.2, -0.15) is 0 Å². The Morgan fingerprint density at radius 1 is 1.55 bits per heavy atom. The third-order valence-corrected chi connectivity index (χ3v) is 4.49. The van der Waals surface area contributed by atoms with Crippen LogP contribution in [0.5, 0.6) is 0 Å². The van der Waals surface area contributed by atoms with Crippen LogP contribution in [0.4, 0.5) is 0 Å². The van der Waals surface area contributed by atoms with Gasteiger partial charge in [0.15, 0.2) is 0 Å². The van der Waals surface area contributed by atoms with Crippen LogP contribution in [0.15, 0.2) is 24.8 Å². The van der Waals surface area contributed by atoms with Crippen LogP contribution in [0, 0.1) is 6.92 Å². The Kier molecular flexibility index (Phi) is 4.95. The highest BCUT2D eigenvalue weighted by Crippen LogP contribution is 2.17. The Bertz CT molecular complexity index is 510. The van der Waals surface area contributed by atoms with E-state index in [1.54, 1.807) is 16.2 Å². The summed E-state index contributed by atoms with van der Waals surface area (Å²) in [7, 11) is 0. The maximum absolute atomic E-state index is 11.9. The summed E-state index contributed by atoms with van der Waals surface area (Å²) in [5.74, 6) is 0.00441. The summed E-state index contributed by atoms with van der Waals surface area (Å²) in [6.45, 7) is 6.83. The van der Waals surface area contributed by atoms with Crippen molar-refractivity contribution >= 4 is 23.2 Å². The van der Waals surface area contributed by atoms with Crippen LogP contribution < -0.4 is 5.32 Å². The van der Waals surface area contributed by atoms with E-state index in [1.165, 1.54) is 15.8 Å². The van der Waals surface area contributed by atoms with Crippen molar-refractivity contribution in [1.29, 1.82) is 0 Å². The molecule has 0 aromatic carbocycles. The lowest BCUT2D eigenvalue weighted by Gasteiger charge is -2.15. The highest BCUT2D eigenvalue weighted by atomic mass is 32.1. The molecule has 1 aromatic rings. The molecule has 4 nitrogen and oxygen atoms in total. The van der Waals surface area contributed by atoms with E-state index in [9.17, 15) is 9.59 Å². The van der Waals surface area contributed by atoms with E-state index in [2.05, 4.69) is 31.0 Å². The van der Waals surface area contributed by atoms with Crippen molar-refractivity contribution in [2.24, 2.45) is 0 Å². The fourth-order valence-corrected chi connectivity index (χ4v) is 3.25. The van der Waals surface area contributed by atoms with Gasteiger partial charge in [0.25, 0.3) is 0 Å². The minimum Gasteiger partial charge on any atom is -0.352 e. The lowest BCUT2D eigenvalue weighted by Crippen LogP contribution is -2.38. The van der Waals surface area contributed by atoms with Crippen molar-refractivity contribution < 1.29 is 9.59 Å². The summed E-state index contributed by atoms with van der Waals surface area (Å²) in [4.78, 5) is 27.6. The molecule has 1 aliphatic heterocycles. The van der Waals surface area contributed by atoms with Crippen molar-refractivity contribution in [2.45, 2.75) is 32.2 Å². The summed E-state index contributed by atoms with van der Waals surface area (Å²) in [5.41, 5.74) is 0. The highest BCUT2D eigenvalue weighted by Gasteiger charge is 2.25. The van der Waals surface area contributed by atoms with Crippen LogP contribution in [-0.4, -0.2) is 35.8 Å². The second kappa shape index (κ2) is 6.70. The number of thiophene rings is 1. The summed E-state index contributed by atoms with van der Waals surface area (Å²) < 4.78 is 0. The lowest BCUT2D eigenvalue weighted by molar-refractivity contribution is -0.126. The smallest absolute Gasteiger partial charge is 0.246 e. The molecule has 1 N–H and O–H groups in total. The van der Waals surface area contributed by atoms with E-state index in [-0.39, 0.29) is 17.9 Å². The Morgan fingerprint density at radius 3 is 3.00 bits per heavy atom. The number of carbonyl (C=O) groups is 2. The fourth-order valence-electron chi connectivity index (χ4n) is 2.36. The Balaban J connectivity index is 1.72. The minimum absolute atomic E-state index is 0.0594. The van der Waals surface area contributed by atoms with Gasteiger partial charge in [0.05, 0.1) is 0 Å². The topological polar surface area (TPSA) is 49.4 Å². The second-order valence-corrected chi connectivity index (χ2v) is 6.43. The van der Waals surface area contributed by atoms with E-state index >= 15 is 0 Å². The molecule has 1 fully saturated rings. The third kappa shape index (κ3) is 3.93. The van der Waals surface area contributed by atoms with Crippen LogP contribution in [-0.2, 0) is 16.0 Å². The third-order valence-electron chi connectivity index (χ3n) is 3.43. The molecule has 2 amide bonds. The molecule has 1 atom stereocenters. The molecule has 0 radical (unpaired) electrons. The summed E-state index contributed by atoms with van der Waals surface area (Å²) in [6, 6.07) is 4.23. The zero-order valence-electron chi connectivity index (χ0n) is 11.7. The first-order valence-electron chi connectivity index (χ1n) is 6.84. The molecule has 5 heteroatoms. The number of nitrogens with zero attached hydrogens (tertiary/aromatic N) is 1. The van der Waals surface area contributed by atoms with Crippen molar-refractivity contribution in [3.05, 3.63) is 34.5 Å². The summed E-state index contributed by atoms with van der Waals surface area (Å²) in [5, 5.41) is 3.00. The van der Waals surface area contributed by atoms with Crippen molar-refractivity contribution in [3.63, 3.8) is 0 Å². The molecule has 108 valence electrons. The lowest BCUT2D eigenvalue weighted by atomic mass is 10.2. The Morgan fingerprint density at radius 2 is 2.35 bits per heavy atom. The monoisotopic (exact) mass is 292 g/mol. The van der Waals surface area contributed by atoms with Gasteiger partial charge in [-0.05, 0) is 38.0 Å². The predicted octanol–water partition coefficient (Wildman–Crippen LogP) is 1.89. The van der Waals surface area contributed by atoms with E-state index in [0.29, 0.717) is 19.5 Å². The van der Waals surface area contributed by atoms with Gasteiger partial charge in [-0.3, -0.25) is 9.59 Å². The quantitative estimate of drug-likeness (QED) is 0.843. The molecule has 0 saturated carbocycles. The average Bonchev–Trinajstić information content (AvgIpc) is 3.05. The number of carbonyl (C=O) groups excluding carboxylic acids is 2. The summed E-state index contributed by atoms with van der Waals surface area (Å²) in [6.07, 6.45) is 3.44. The number of hydrogen-bond acceptors (Lipinski definition) is 3. The standard InChI is InChI=1S/C15H20N2O2S/c1-3-15(19)17-9-8-12(10-17)16-14(18)7-6-13-5-4-11(2)20-13/h3-5,12H,1,6-10H2,2H3,(H,16,18)/t12-/m1/s1. The molecule has 0 aliphatic carbocycles. The molecule has 20 heavy (non-hydrogen) atoms. The number of rotatable bonds is 5. The Labute approximate surface area is 123 Å². The molecule has 1 aromatic heterocycles. The molecular weight excluding hydrogens is 272 g/mol. The fraction of sp³-hybridized carbons (Fsp3) is 0.467. The van der Waals surface area contributed by atoms with Gasteiger partial charge >= 0.3 is 0 Å². The van der Waals surface area contributed by atoms with Crippen LogP contribution in [0.25, 0.3) is 0 Å². The predicted molar refractivity (Wildman–Crippen MR) is 80.7 cm³/mol. The second-order valence-electron chi connectivity index (χ2n) is 5.05. The maximum Gasteiger partial charge on any atom is 0.246 e. The van der Waals surface area contributed by atoms with E-state index in [0.717, 1.165) is 12.8 Å². The van der Waals surface area contributed by atoms with E-state index in [1.807, 2.05) is 0 Å². The molecule has 2 heterocycles. The van der Waals surface area contributed by atoms with Crippen LogP contribution >= 0.6 is 11.3 Å². The normalized spacial score (nSPS) is 18.1. The van der Waals surface area contributed by atoms with Crippen LogP contribution in [0.2, 0.25) is 0 Å². The van der Waals surface area contributed by atoms with Crippen molar-refractivity contribution in [3.8, 4) is 0 Å². The molecule has 0 unspecified atom stereocenters. The maximum atomic E-state index is 11.9. The Hall–Kier alpha value is -1.62. The van der Waals surface area contributed by atoms with Crippen LogP contribution in [0.3, 0.4) is 0 Å². The first kappa shape index (κ1) is 14.8.